The van der Waals surface area contributed by atoms with Gasteiger partial charge in [0.2, 0.25) is 0 Å². The Hall–Kier alpha value is -3.40. The van der Waals surface area contributed by atoms with Crippen molar-refractivity contribution >= 4 is 40.9 Å². The quantitative estimate of drug-likeness (QED) is 0.320. The van der Waals surface area contributed by atoms with E-state index in [2.05, 4.69) is 20.3 Å². The maximum absolute atomic E-state index is 15.0. The fraction of sp³-hybridized carbons (Fsp3) is 0.200. The van der Waals surface area contributed by atoms with E-state index in [-0.39, 0.29) is 21.8 Å². The standard InChI is InChI=1S/C25H21ClF2N5OP/c1-13(17-9-15(11-29)5-7-18(17)27)32-25-22(26)14(2)31-20-10-19(28)23(33-24(20)25)16-6-8-21(30-12-16)35(3,4)34/h5-10,12-13H,1-4H3,(H,31,32). The zero-order valence-corrected chi connectivity index (χ0v) is 21.0. The predicted molar refractivity (Wildman–Crippen MR) is 135 cm³/mol. The Balaban J connectivity index is 1.84. The third-order valence-corrected chi connectivity index (χ3v) is 7.37. The van der Waals surface area contributed by atoms with E-state index in [9.17, 15) is 14.2 Å². The summed E-state index contributed by atoms with van der Waals surface area (Å²) in [5.74, 6) is -1.09. The Kier molecular flexibility index (Phi) is 6.59. The van der Waals surface area contributed by atoms with E-state index in [1.54, 1.807) is 39.3 Å². The minimum absolute atomic E-state index is 0.0219. The molecule has 178 valence electrons. The summed E-state index contributed by atoms with van der Waals surface area (Å²) in [5, 5.41) is 12.6. The predicted octanol–water partition coefficient (Wildman–Crippen LogP) is 6.22. The maximum Gasteiger partial charge on any atom is 0.151 e. The van der Waals surface area contributed by atoms with E-state index in [0.29, 0.717) is 33.5 Å². The minimum Gasteiger partial charge on any atom is -0.375 e. The lowest BCUT2D eigenvalue weighted by molar-refractivity contribution is 0.587. The van der Waals surface area contributed by atoms with Crippen LogP contribution in [-0.4, -0.2) is 28.3 Å². The molecule has 1 unspecified atom stereocenters. The highest BCUT2D eigenvalue weighted by Gasteiger charge is 2.21. The van der Waals surface area contributed by atoms with E-state index in [1.807, 2.05) is 6.07 Å². The fourth-order valence-corrected chi connectivity index (χ4v) is 4.64. The van der Waals surface area contributed by atoms with Gasteiger partial charge in [-0.1, -0.05) is 11.6 Å². The van der Waals surface area contributed by atoms with Crippen molar-refractivity contribution in [3.8, 4) is 17.3 Å². The molecule has 1 atom stereocenters. The molecular weight excluding hydrogens is 491 g/mol. The zero-order chi connectivity index (χ0) is 25.5. The maximum atomic E-state index is 15.0. The molecule has 6 nitrogen and oxygen atoms in total. The summed E-state index contributed by atoms with van der Waals surface area (Å²) in [6, 6.07) is 9.96. The third-order valence-electron chi connectivity index (χ3n) is 5.54. The number of halogens is 3. The summed E-state index contributed by atoms with van der Waals surface area (Å²) in [6.45, 7) is 6.61. The van der Waals surface area contributed by atoms with Crippen LogP contribution in [0.1, 0.15) is 29.8 Å². The number of hydrogen-bond donors (Lipinski definition) is 1. The van der Waals surface area contributed by atoms with Gasteiger partial charge < -0.3 is 9.88 Å². The second-order valence-corrected chi connectivity index (χ2v) is 12.1. The molecule has 0 radical (unpaired) electrons. The number of aryl methyl sites for hydroxylation is 1. The molecule has 1 aromatic carbocycles. The molecule has 0 amide bonds. The number of aromatic nitrogens is 3. The molecule has 0 saturated carbocycles. The van der Waals surface area contributed by atoms with Crippen LogP contribution in [0.3, 0.4) is 0 Å². The average Bonchev–Trinajstić information content (AvgIpc) is 2.81. The molecule has 0 aliphatic rings. The number of nitriles is 1. The average molecular weight is 512 g/mol. The molecule has 3 heterocycles. The van der Waals surface area contributed by atoms with Gasteiger partial charge in [0.15, 0.2) is 5.82 Å². The van der Waals surface area contributed by atoms with Crippen molar-refractivity contribution in [2.75, 3.05) is 18.6 Å². The Labute approximate surface area is 206 Å². The monoisotopic (exact) mass is 511 g/mol. The number of hydrogen-bond acceptors (Lipinski definition) is 6. The molecule has 1 N–H and O–H groups in total. The van der Waals surface area contributed by atoms with Crippen molar-refractivity contribution in [3.63, 3.8) is 0 Å². The van der Waals surface area contributed by atoms with Crippen molar-refractivity contribution < 1.29 is 13.3 Å². The number of nitrogens with zero attached hydrogens (tertiary/aromatic N) is 4. The number of nitrogens with one attached hydrogen (secondary N) is 1. The molecule has 0 spiro atoms. The van der Waals surface area contributed by atoms with Gasteiger partial charge in [-0.25, -0.2) is 18.7 Å². The smallest absolute Gasteiger partial charge is 0.151 e. The Morgan fingerprint density at radius 3 is 2.49 bits per heavy atom. The molecule has 0 aliphatic carbocycles. The number of pyridine rings is 3. The van der Waals surface area contributed by atoms with E-state index >= 15 is 4.39 Å². The summed E-state index contributed by atoms with van der Waals surface area (Å²) in [6.07, 6.45) is 1.42. The van der Waals surface area contributed by atoms with Gasteiger partial charge in [0.1, 0.15) is 24.2 Å². The lowest BCUT2D eigenvalue weighted by Gasteiger charge is -2.20. The Morgan fingerprint density at radius 2 is 1.86 bits per heavy atom. The van der Waals surface area contributed by atoms with Gasteiger partial charge in [-0.3, -0.25) is 4.98 Å². The first-order valence-electron chi connectivity index (χ1n) is 10.6. The van der Waals surface area contributed by atoms with Gasteiger partial charge in [-0.15, -0.1) is 0 Å². The first-order chi connectivity index (χ1) is 16.5. The molecule has 3 aromatic heterocycles. The highest BCUT2D eigenvalue weighted by Crippen LogP contribution is 2.37. The Morgan fingerprint density at radius 1 is 1.11 bits per heavy atom. The summed E-state index contributed by atoms with van der Waals surface area (Å²) in [7, 11) is -2.57. The molecule has 10 heteroatoms. The van der Waals surface area contributed by atoms with Gasteiger partial charge in [-0.2, -0.15) is 5.26 Å². The largest absolute Gasteiger partial charge is 0.375 e. The van der Waals surface area contributed by atoms with Gasteiger partial charge in [0, 0.05) is 23.4 Å². The number of rotatable bonds is 5. The molecule has 0 aliphatic heterocycles. The molecule has 35 heavy (non-hydrogen) atoms. The first-order valence-corrected chi connectivity index (χ1v) is 13.6. The van der Waals surface area contributed by atoms with Crippen LogP contribution in [0.5, 0.6) is 0 Å². The van der Waals surface area contributed by atoms with Gasteiger partial charge in [-0.05, 0) is 57.5 Å². The lowest BCUT2D eigenvalue weighted by Crippen LogP contribution is -2.11. The van der Waals surface area contributed by atoms with Crippen LogP contribution in [0.25, 0.3) is 22.3 Å². The number of anilines is 1. The van der Waals surface area contributed by atoms with Gasteiger partial charge in [0.05, 0.1) is 45.0 Å². The Bertz CT molecular complexity index is 1550. The van der Waals surface area contributed by atoms with Crippen molar-refractivity contribution in [2.45, 2.75) is 19.9 Å². The highest BCUT2D eigenvalue weighted by molar-refractivity contribution is 7.69. The molecule has 4 aromatic rings. The van der Waals surface area contributed by atoms with Gasteiger partial charge in [0.25, 0.3) is 0 Å². The van der Waals surface area contributed by atoms with E-state index in [0.717, 1.165) is 0 Å². The molecule has 4 rings (SSSR count). The van der Waals surface area contributed by atoms with E-state index in [1.165, 1.54) is 30.5 Å². The number of fused-ring (bicyclic) bond motifs is 1. The van der Waals surface area contributed by atoms with Crippen molar-refractivity contribution in [2.24, 2.45) is 0 Å². The molecule has 0 saturated heterocycles. The first kappa shape index (κ1) is 24.7. The van der Waals surface area contributed by atoms with Crippen LogP contribution in [0.15, 0.2) is 42.6 Å². The topological polar surface area (TPSA) is 91.6 Å². The summed E-state index contributed by atoms with van der Waals surface area (Å²) < 4.78 is 41.8. The van der Waals surface area contributed by atoms with Crippen LogP contribution in [0.2, 0.25) is 5.02 Å². The molecular formula is C25H21ClF2N5OP. The third kappa shape index (κ3) is 4.88. The minimum atomic E-state index is -2.57. The van der Waals surface area contributed by atoms with Crippen LogP contribution in [0.4, 0.5) is 14.5 Å². The summed E-state index contributed by atoms with van der Waals surface area (Å²) >= 11 is 6.56. The fourth-order valence-electron chi connectivity index (χ4n) is 3.68. The van der Waals surface area contributed by atoms with Crippen LogP contribution < -0.4 is 10.8 Å². The highest BCUT2D eigenvalue weighted by atomic mass is 35.5. The van der Waals surface area contributed by atoms with E-state index in [4.69, 9.17) is 11.6 Å². The van der Waals surface area contributed by atoms with Crippen LogP contribution >= 0.6 is 18.7 Å². The van der Waals surface area contributed by atoms with E-state index < -0.39 is 24.8 Å². The summed E-state index contributed by atoms with van der Waals surface area (Å²) in [5.41, 5.74) is 2.81. The van der Waals surface area contributed by atoms with Gasteiger partial charge >= 0.3 is 0 Å². The lowest BCUT2D eigenvalue weighted by atomic mass is 10.0. The number of benzene rings is 1. The SMILES string of the molecule is Cc1nc2cc(F)c(-c3ccc(P(C)(C)=O)nc3)nc2c(NC(C)c2cc(C#N)ccc2F)c1Cl. The van der Waals surface area contributed by atoms with Crippen molar-refractivity contribution in [1.29, 1.82) is 5.26 Å². The second kappa shape index (κ2) is 9.33. The normalized spacial score (nSPS) is 12.4. The van der Waals surface area contributed by atoms with Crippen molar-refractivity contribution in [3.05, 3.63) is 76.1 Å². The van der Waals surface area contributed by atoms with Crippen molar-refractivity contribution in [1.82, 2.24) is 15.0 Å². The molecule has 0 fully saturated rings. The molecule has 0 bridgehead atoms. The second-order valence-electron chi connectivity index (χ2n) is 8.54. The summed E-state index contributed by atoms with van der Waals surface area (Å²) in [4.78, 5) is 13.1. The van der Waals surface area contributed by atoms with Crippen LogP contribution in [0, 0.1) is 29.9 Å². The zero-order valence-electron chi connectivity index (χ0n) is 19.4. The van der Waals surface area contributed by atoms with Crippen LogP contribution in [-0.2, 0) is 4.57 Å².